The summed E-state index contributed by atoms with van der Waals surface area (Å²) in [7, 11) is 1.58. The van der Waals surface area contributed by atoms with Gasteiger partial charge in [0.15, 0.2) is 0 Å². The van der Waals surface area contributed by atoms with E-state index in [2.05, 4.69) is 10.2 Å². The summed E-state index contributed by atoms with van der Waals surface area (Å²) < 4.78 is 43.9. The van der Waals surface area contributed by atoms with Crippen LogP contribution in [0.2, 0.25) is 0 Å². The third kappa shape index (κ3) is 2.67. The second kappa shape index (κ2) is 5.52. The smallest absolute Gasteiger partial charge is 0.396 e. The van der Waals surface area contributed by atoms with Gasteiger partial charge in [-0.25, -0.2) is 0 Å². The van der Waals surface area contributed by atoms with Crippen LogP contribution in [-0.4, -0.2) is 55.5 Å². The van der Waals surface area contributed by atoms with Gasteiger partial charge < -0.3 is 14.7 Å². The molecule has 1 aromatic rings. The summed E-state index contributed by atoms with van der Waals surface area (Å²) in [5.74, 6) is -0.341. The first-order chi connectivity index (χ1) is 11.2. The Labute approximate surface area is 135 Å². The molecule has 1 amide bonds. The van der Waals surface area contributed by atoms with E-state index in [0.29, 0.717) is 19.8 Å². The summed E-state index contributed by atoms with van der Waals surface area (Å²) in [5.41, 5.74) is -2.80. The standard InChI is InChI=1S/C15H16F3N3O3/c1-21(6-13(7-22)8-24-9-13)12(23)10-2-4-11(5-3-10)14(19-20-14)15(16,17)18/h2-5,22H,6-9H2,1H3. The number of carbonyl (C=O) groups excluding carboxylic acids is 1. The van der Waals surface area contributed by atoms with Crippen molar-refractivity contribution < 1.29 is 27.8 Å². The van der Waals surface area contributed by atoms with Gasteiger partial charge in [0, 0.05) is 24.7 Å². The number of ether oxygens (including phenoxy) is 1. The molecule has 0 aromatic heterocycles. The molecule has 1 aromatic carbocycles. The molecule has 130 valence electrons. The van der Waals surface area contributed by atoms with Gasteiger partial charge in [-0.3, -0.25) is 4.79 Å². The second-order valence-corrected chi connectivity index (χ2v) is 6.26. The lowest BCUT2D eigenvalue weighted by Crippen LogP contribution is -2.53. The fourth-order valence-electron chi connectivity index (χ4n) is 2.71. The van der Waals surface area contributed by atoms with E-state index in [1.165, 1.54) is 29.2 Å². The van der Waals surface area contributed by atoms with Crippen molar-refractivity contribution in [3.63, 3.8) is 0 Å². The molecule has 0 atom stereocenters. The second-order valence-electron chi connectivity index (χ2n) is 6.26. The van der Waals surface area contributed by atoms with Crippen LogP contribution in [0.5, 0.6) is 0 Å². The first-order valence-corrected chi connectivity index (χ1v) is 7.28. The number of rotatable bonds is 5. The number of carbonyl (C=O) groups is 1. The van der Waals surface area contributed by atoms with E-state index in [4.69, 9.17) is 4.74 Å². The zero-order chi connectivity index (χ0) is 17.6. The van der Waals surface area contributed by atoms with Crippen LogP contribution in [0.4, 0.5) is 13.2 Å². The van der Waals surface area contributed by atoms with Crippen LogP contribution in [0.15, 0.2) is 34.5 Å². The molecule has 2 aliphatic rings. The van der Waals surface area contributed by atoms with E-state index in [9.17, 15) is 23.1 Å². The van der Waals surface area contributed by atoms with Crippen molar-refractivity contribution in [1.29, 1.82) is 0 Å². The van der Waals surface area contributed by atoms with Crippen molar-refractivity contribution in [2.24, 2.45) is 15.6 Å². The van der Waals surface area contributed by atoms with Crippen LogP contribution in [0.25, 0.3) is 0 Å². The Morgan fingerprint density at radius 3 is 2.25 bits per heavy atom. The topological polar surface area (TPSA) is 74.5 Å². The summed E-state index contributed by atoms with van der Waals surface area (Å²) in [6.07, 6.45) is -4.59. The molecular weight excluding hydrogens is 327 g/mol. The Morgan fingerprint density at radius 1 is 1.29 bits per heavy atom. The molecule has 0 spiro atoms. The maximum absolute atomic E-state index is 12.9. The lowest BCUT2D eigenvalue weighted by molar-refractivity contribution is -0.166. The highest BCUT2D eigenvalue weighted by Crippen LogP contribution is 2.52. The zero-order valence-electron chi connectivity index (χ0n) is 12.9. The summed E-state index contributed by atoms with van der Waals surface area (Å²) >= 11 is 0. The van der Waals surface area contributed by atoms with E-state index in [1.807, 2.05) is 0 Å². The lowest BCUT2D eigenvalue weighted by atomic mass is 9.86. The highest BCUT2D eigenvalue weighted by Gasteiger charge is 2.65. The van der Waals surface area contributed by atoms with Gasteiger partial charge in [-0.05, 0) is 12.1 Å². The molecule has 0 saturated carbocycles. The molecule has 0 bridgehead atoms. The molecule has 1 N–H and O–H groups in total. The largest absolute Gasteiger partial charge is 0.442 e. The quantitative estimate of drug-likeness (QED) is 0.888. The SMILES string of the molecule is CN(CC1(CO)COC1)C(=O)c1ccc(C2(C(F)(F)F)N=N2)cc1. The number of aliphatic hydroxyl groups is 1. The summed E-state index contributed by atoms with van der Waals surface area (Å²) in [4.78, 5) is 13.8. The van der Waals surface area contributed by atoms with Gasteiger partial charge in [0.2, 0.25) is 0 Å². The predicted molar refractivity (Wildman–Crippen MR) is 76.3 cm³/mol. The van der Waals surface area contributed by atoms with Crippen LogP contribution < -0.4 is 0 Å². The maximum Gasteiger partial charge on any atom is 0.442 e. The van der Waals surface area contributed by atoms with Crippen molar-refractivity contribution in [3.05, 3.63) is 35.4 Å². The number of aliphatic hydroxyl groups excluding tert-OH is 1. The molecule has 0 radical (unpaired) electrons. The van der Waals surface area contributed by atoms with Crippen molar-refractivity contribution in [3.8, 4) is 0 Å². The van der Waals surface area contributed by atoms with Crippen molar-refractivity contribution in [1.82, 2.24) is 4.90 Å². The third-order valence-electron chi connectivity index (χ3n) is 4.30. The van der Waals surface area contributed by atoms with Gasteiger partial charge in [-0.15, -0.1) is 10.2 Å². The number of benzene rings is 1. The molecule has 9 heteroatoms. The average Bonchev–Trinajstić information content (AvgIpc) is 3.31. The Morgan fingerprint density at radius 2 is 1.88 bits per heavy atom. The molecule has 1 fully saturated rings. The molecule has 0 unspecified atom stereocenters. The van der Waals surface area contributed by atoms with Crippen molar-refractivity contribution in [2.75, 3.05) is 33.4 Å². The predicted octanol–water partition coefficient (Wildman–Crippen LogP) is 1.95. The van der Waals surface area contributed by atoms with Gasteiger partial charge >= 0.3 is 11.8 Å². The normalized spacial score (nSPS) is 20.4. The van der Waals surface area contributed by atoms with E-state index < -0.39 is 17.3 Å². The molecule has 6 nitrogen and oxygen atoms in total. The molecule has 2 aliphatic heterocycles. The minimum absolute atomic E-state index is 0.0966. The highest BCUT2D eigenvalue weighted by molar-refractivity contribution is 5.94. The Balaban J connectivity index is 1.70. The monoisotopic (exact) mass is 343 g/mol. The maximum atomic E-state index is 12.9. The number of nitrogens with zero attached hydrogens (tertiary/aromatic N) is 3. The third-order valence-corrected chi connectivity index (χ3v) is 4.30. The molecular formula is C15H16F3N3O3. The fraction of sp³-hybridized carbons (Fsp3) is 0.533. The van der Waals surface area contributed by atoms with Crippen molar-refractivity contribution in [2.45, 2.75) is 11.8 Å². The fourth-order valence-corrected chi connectivity index (χ4v) is 2.71. The first-order valence-electron chi connectivity index (χ1n) is 7.28. The van der Waals surface area contributed by atoms with E-state index in [1.54, 1.807) is 7.05 Å². The highest BCUT2D eigenvalue weighted by atomic mass is 19.4. The van der Waals surface area contributed by atoms with Crippen LogP contribution in [0.1, 0.15) is 15.9 Å². The minimum atomic E-state index is -4.59. The van der Waals surface area contributed by atoms with E-state index >= 15 is 0 Å². The average molecular weight is 343 g/mol. The van der Waals surface area contributed by atoms with Gasteiger partial charge in [-0.2, -0.15) is 13.2 Å². The summed E-state index contributed by atoms with van der Waals surface area (Å²) in [5, 5.41) is 15.7. The molecule has 2 heterocycles. The van der Waals surface area contributed by atoms with Crippen molar-refractivity contribution >= 4 is 5.91 Å². The van der Waals surface area contributed by atoms with Crippen LogP contribution in [-0.2, 0) is 10.4 Å². The summed E-state index contributed by atoms with van der Waals surface area (Å²) in [6, 6.07) is 5.08. The van der Waals surface area contributed by atoms with Gasteiger partial charge in [-0.1, -0.05) is 12.1 Å². The molecule has 0 aliphatic carbocycles. The number of amides is 1. The van der Waals surface area contributed by atoms with Crippen LogP contribution in [0, 0.1) is 5.41 Å². The Bertz CT molecular complexity index is 657. The molecule has 24 heavy (non-hydrogen) atoms. The first kappa shape index (κ1) is 16.8. The van der Waals surface area contributed by atoms with Gasteiger partial charge in [0.05, 0.1) is 25.2 Å². The summed E-state index contributed by atoms with van der Waals surface area (Å²) in [6.45, 7) is 0.955. The van der Waals surface area contributed by atoms with E-state index in [-0.39, 0.29) is 23.6 Å². The lowest BCUT2D eigenvalue weighted by Gasteiger charge is -2.42. The Kier molecular flexibility index (Phi) is 3.88. The minimum Gasteiger partial charge on any atom is -0.396 e. The Hall–Kier alpha value is -2.00. The van der Waals surface area contributed by atoms with E-state index in [0.717, 1.165) is 0 Å². The number of alkyl halides is 3. The number of hydrogen-bond acceptors (Lipinski definition) is 5. The van der Waals surface area contributed by atoms with Crippen LogP contribution in [0.3, 0.4) is 0 Å². The number of hydrogen-bond donors (Lipinski definition) is 1. The van der Waals surface area contributed by atoms with Crippen LogP contribution >= 0.6 is 0 Å². The number of halogens is 3. The molecule has 3 rings (SSSR count). The van der Waals surface area contributed by atoms with Gasteiger partial charge in [0.25, 0.3) is 5.91 Å². The van der Waals surface area contributed by atoms with Gasteiger partial charge in [0.1, 0.15) is 0 Å². The zero-order valence-corrected chi connectivity index (χ0v) is 12.9. The molecule has 1 saturated heterocycles.